The minimum Gasteiger partial charge on any atom is -0.530 e. The van der Waals surface area contributed by atoms with Crippen molar-refractivity contribution in [2.45, 2.75) is 51.5 Å². The molecule has 1 aromatic rings. The summed E-state index contributed by atoms with van der Waals surface area (Å²) >= 11 is 5.92. The normalized spacial score (nSPS) is 16.1. The van der Waals surface area contributed by atoms with Gasteiger partial charge in [0.15, 0.2) is 0 Å². The molecule has 2 rings (SSSR count). The van der Waals surface area contributed by atoms with Crippen molar-refractivity contribution in [2.75, 3.05) is 18.1 Å². The molecule has 1 unspecified atom stereocenters. The van der Waals surface area contributed by atoms with Gasteiger partial charge >= 0.3 is 0 Å². The van der Waals surface area contributed by atoms with Gasteiger partial charge in [-0.05, 0) is 38.0 Å². The summed E-state index contributed by atoms with van der Waals surface area (Å²) in [5.74, 6) is 0.636. The molecule has 1 heterocycles. The van der Waals surface area contributed by atoms with Crippen molar-refractivity contribution in [1.29, 1.82) is 0 Å². The Bertz CT molecular complexity index is 663. The lowest BCUT2D eigenvalue weighted by Crippen LogP contribution is -2.44. The molecule has 0 spiro atoms. The minimum atomic E-state index is -1.33. The Labute approximate surface area is 158 Å². The fourth-order valence-corrected chi connectivity index (χ4v) is 3.04. The minimum absolute atomic E-state index is 0.0117. The van der Waals surface area contributed by atoms with Crippen LogP contribution in [0.1, 0.15) is 45.4 Å². The molecule has 0 saturated carbocycles. The van der Waals surface area contributed by atoms with Gasteiger partial charge in [0.2, 0.25) is 5.90 Å². The average Bonchev–Trinajstić information content (AvgIpc) is 3.03. The van der Waals surface area contributed by atoms with E-state index < -0.39 is 6.09 Å². The SMILES string of the molecule is CC(=O)CCCCCCC1COC(CN(C(=O)[O-])c2cccc(Cl)c2)=N1. The van der Waals surface area contributed by atoms with Crippen LogP contribution in [0.3, 0.4) is 0 Å². The van der Waals surface area contributed by atoms with E-state index in [1.54, 1.807) is 31.2 Å². The topological polar surface area (TPSA) is 82.0 Å². The lowest BCUT2D eigenvalue weighted by Gasteiger charge is -2.24. The Balaban J connectivity index is 1.80. The first-order chi connectivity index (χ1) is 12.5. The smallest absolute Gasteiger partial charge is 0.204 e. The van der Waals surface area contributed by atoms with Crippen molar-refractivity contribution in [3.8, 4) is 0 Å². The van der Waals surface area contributed by atoms with E-state index >= 15 is 0 Å². The highest BCUT2D eigenvalue weighted by Crippen LogP contribution is 2.21. The summed E-state index contributed by atoms with van der Waals surface area (Å²) in [5, 5.41) is 11.9. The van der Waals surface area contributed by atoms with E-state index in [9.17, 15) is 14.7 Å². The van der Waals surface area contributed by atoms with Gasteiger partial charge in [0.25, 0.3) is 0 Å². The summed E-state index contributed by atoms with van der Waals surface area (Å²) in [6, 6.07) is 6.62. The van der Waals surface area contributed by atoms with Crippen LogP contribution in [0, 0.1) is 0 Å². The van der Waals surface area contributed by atoms with Crippen LogP contribution in [0.5, 0.6) is 0 Å². The third-order valence-corrected chi connectivity index (χ3v) is 4.45. The standard InChI is InChI=1S/C19H25ClN2O4/c1-14(23)7-4-2-3-5-9-16-13-26-18(21-16)12-22(19(24)25)17-10-6-8-15(20)11-17/h6,8,10-11,16H,2-5,7,9,12-13H2,1H3,(H,24,25)/p-1. The van der Waals surface area contributed by atoms with E-state index in [2.05, 4.69) is 4.99 Å². The molecule has 1 aliphatic heterocycles. The maximum Gasteiger partial charge on any atom is 0.204 e. The number of ketones is 1. The number of carboxylic acid groups (broad SMARTS) is 1. The molecule has 0 fully saturated rings. The molecule has 142 valence electrons. The fourth-order valence-electron chi connectivity index (χ4n) is 2.85. The molecule has 26 heavy (non-hydrogen) atoms. The van der Waals surface area contributed by atoms with E-state index in [4.69, 9.17) is 16.3 Å². The molecular weight excluding hydrogens is 356 g/mol. The number of rotatable bonds is 10. The number of halogens is 1. The number of amides is 1. The molecule has 7 heteroatoms. The van der Waals surface area contributed by atoms with Crippen LogP contribution in [0.4, 0.5) is 10.5 Å². The van der Waals surface area contributed by atoms with Crippen LogP contribution < -0.4 is 10.0 Å². The third-order valence-electron chi connectivity index (χ3n) is 4.22. The number of anilines is 1. The summed E-state index contributed by atoms with van der Waals surface area (Å²) in [4.78, 5) is 27.9. The first-order valence-electron chi connectivity index (χ1n) is 8.88. The largest absolute Gasteiger partial charge is 0.530 e. The number of ether oxygens (including phenoxy) is 1. The molecule has 0 bridgehead atoms. The van der Waals surface area contributed by atoms with Crippen molar-refractivity contribution in [2.24, 2.45) is 4.99 Å². The van der Waals surface area contributed by atoms with Crippen LogP contribution in [-0.4, -0.2) is 37.0 Å². The van der Waals surface area contributed by atoms with Gasteiger partial charge in [-0.3, -0.25) is 0 Å². The second kappa shape index (κ2) is 10.2. The molecule has 0 saturated heterocycles. The van der Waals surface area contributed by atoms with E-state index in [1.807, 2.05) is 0 Å². The van der Waals surface area contributed by atoms with Crippen LogP contribution >= 0.6 is 11.6 Å². The number of benzene rings is 1. The molecule has 1 atom stereocenters. The first-order valence-corrected chi connectivity index (χ1v) is 9.26. The summed E-state index contributed by atoms with van der Waals surface area (Å²) in [6.07, 6.45) is 4.27. The number of hydrogen-bond donors (Lipinski definition) is 0. The lowest BCUT2D eigenvalue weighted by atomic mass is 10.1. The number of carbonyl (C=O) groups is 2. The summed E-state index contributed by atoms with van der Waals surface area (Å²) < 4.78 is 5.55. The third kappa shape index (κ3) is 6.67. The van der Waals surface area contributed by atoms with Crippen LogP contribution in [-0.2, 0) is 9.53 Å². The predicted octanol–water partition coefficient (Wildman–Crippen LogP) is 3.22. The zero-order valence-electron chi connectivity index (χ0n) is 14.9. The monoisotopic (exact) mass is 379 g/mol. The fraction of sp³-hybridized carbons (Fsp3) is 0.526. The number of Topliss-reactive ketones (excluding diaryl/α,β-unsaturated/α-hetero) is 1. The average molecular weight is 380 g/mol. The second-order valence-corrected chi connectivity index (χ2v) is 6.91. The quantitative estimate of drug-likeness (QED) is 0.584. The van der Waals surface area contributed by atoms with Gasteiger partial charge in [-0.2, -0.15) is 0 Å². The number of aliphatic imine (C=N–C) groups is 1. The summed E-state index contributed by atoms with van der Waals surface area (Å²) in [5.41, 5.74) is 0.428. The lowest BCUT2D eigenvalue weighted by molar-refractivity contribution is -0.246. The van der Waals surface area contributed by atoms with Crippen molar-refractivity contribution >= 4 is 35.1 Å². The molecular formula is C19H24ClN2O4-. The van der Waals surface area contributed by atoms with Gasteiger partial charge in [-0.25, -0.2) is 4.99 Å². The van der Waals surface area contributed by atoms with Gasteiger partial charge < -0.3 is 24.3 Å². The number of unbranched alkanes of at least 4 members (excludes halogenated alkanes) is 3. The van der Waals surface area contributed by atoms with Gasteiger partial charge in [0.05, 0.1) is 6.04 Å². The molecule has 1 aromatic carbocycles. The highest BCUT2D eigenvalue weighted by molar-refractivity contribution is 6.30. The van der Waals surface area contributed by atoms with Gasteiger partial charge in [-0.1, -0.05) is 36.9 Å². The Hall–Kier alpha value is -2.08. The maximum absolute atomic E-state index is 11.4. The van der Waals surface area contributed by atoms with Gasteiger partial charge in [0, 0.05) is 17.1 Å². The molecule has 0 aromatic heterocycles. The van der Waals surface area contributed by atoms with E-state index in [1.165, 1.54) is 0 Å². The van der Waals surface area contributed by atoms with Crippen molar-refractivity contribution < 1.29 is 19.4 Å². The van der Waals surface area contributed by atoms with Crippen LogP contribution in [0.25, 0.3) is 0 Å². The predicted molar refractivity (Wildman–Crippen MR) is 99.8 cm³/mol. The Morgan fingerprint density at radius 2 is 2.08 bits per heavy atom. The van der Waals surface area contributed by atoms with E-state index in [-0.39, 0.29) is 18.4 Å². The van der Waals surface area contributed by atoms with Gasteiger partial charge in [0.1, 0.15) is 25.0 Å². The molecule has 6 nitrogen and oxygen atoms in total. The molecule has 1 aliphatic rings. The zero-order valence-corrected chi connectivity index (χ0v) is 15.7. The van der Waals surface area contributed by atoms with E-state index in [0.717, 1.165) is 37.0 Å². The Morgan fingerprint density at radius 1 is 1.31 bits per heavy atom. The second-order valence-electron chi connectivity index (χ2n) is 6.47. The van der Waals surface area contributed by atoms with Crippen molar-refractivity contribution in [3.63, 3.8) is 0 Å². The summed E-state index contributed by atoms with van der Waals surface area (Å²) in [6.45, 7) is 2.10. The Morgan fingerprint density at radius 3 is 2.77 bits per heavy atom. The van der Waals surface area contributed by atoms with Gasteiger partial charge in [-0.15, -0.1) is 0 Å². The maximum atomic E-state index is 11.4. The van der Waals surface area contributed by atoms with Crippen LogP contribution in [0.2, 0.25) is 5.02 Å². The molecule has 0 N–H and O–H groups in total. The van der Waals surface area contributed by atoms with Crippen molar-refractivity contribution in [1.82, 2.24) is 0 Å². The highest BCUT2D eigenvalue weighted by atomic mass is 35.5. The molecule has 0 aliphatic carbocycles. The van der Waals surface area contributed by atoms with Crippen LogP contribution in [0.15, 0.2) is 29.3 Å². The Kier molecular flexibility index (Phi) is 7.91. The number of hydrogen-bond acceptors (Lipinski definition) is 5. The highest BCUT2D eigenvalue weighted by Gasteiger charge is 2.21. The molecule has 0 radical (unpaired) electrons. The number of carbonyl (C=O) groups excluding carboxylic acids is 2. The zero-order chi connectivity index (χ0) is 18.9. The summed E-state index contributed by atoms with van der Waals surface area (Å²) in [7, 11) is 0. The van der Waals surface area contributed by atoms with E-state index in [0.29, 0.717) is 29.6 Å². The van der Waals surface area contributed by atoms with Crippen molar-refractivity contribution in [3.05, 3.63) is 29.3 Å². The molecule has 1 amide bonds. The number of nitrogens with zero attached hydrogens (tertiary/aromatic N) is 2. The first kappa shape index (κ1) is 20.2.